The monoisotopic (exact) mass is 455 g/mol. The number of hydrogen-bond donors (Lipinski definition) is 1. The Morgan fingerprint density at radius 3 is 2.21 bits per heavy atom. The van der Waals surface area contributed by atoms with Gasteiger partial charge in [0.25, 0.3) is 0 Å². The van der Waals surface area contributed by atoms with Crippen LogP contribution in [0.5, 0.6) is 5.75 Å². The molecule has 0 aliphatic carbocycles. The van der Waals surface area contributed by atoms with Crippen molar-refractivity contribution in [3.63, 3.8) is 0 Å². The zero-order chi connectivity index (χ0) is 22.6. The number of fused-ring (bicyclic) bond motifs is 6. The maximum atomic E-state index is 10.8. The minimum Gasteiger partial charge on any atom is -0.508 e. The van der Waals surface area contributed by atoms with E-state index in [1.165, 1.54) is 42.8 Å². The Morgan fingerprint density at radius 1 is 0.588 bits per heavy atom. The van der Waals surface area contributed by atoms with Crippen LogP contribution in [0, 0.1) is 0 Å². The largest absolute Gasteiger partial charge is 0.508 e. The van der Waals surface area contributed by atoms with Gasteiger partial charge in [0.1, 0.15) is 5.75 Å². The lowest BCUT2D eigenvalue weighted by atomic mass is 10.00. The van der Waals surface area contributed by atoms with E-state index in [4.69, 9.17) is 0 Å². The molecule has 7 aromatic rings. The summed E-state index contributed by atoms with van der Waals surface area (Å²) < 4.78 is 4.71. The van der Waals surface area contributed by atoms with Crippen LogP contribution in [0.15, 0.2) is 109 Å². The van der Waals surface area contributed by atoms with E-state index < -0.39 is 0 Å². The summed E-state index contributed by atoms with van der Waals surface area (Å²) >= 11 is 1.73. The third kappa shape index (κ3) is 2.94. The first-order valence-electron chi connectivity index (χ1n) is 11.5. The van der Waals surface area contributed by atoms with Crippen molar-refractivity contribution in [1.82, 2.24) is 4.57 Å². The molecule has 162 valence electrons. The van der Waals surface area contributed by atoms with Crippen LogP contribution in [0.1, 0.15) is 11.1 Å². The highest BCUT2D eigenvalue weighted by molar-refractivity contribution is 7.25. The molecule has 2 aromatic heterocycles. The molecule has 0 saturated heterocycles. The van der Waals surface area contributed by atoms with Gasteiger partial charge in [-0.15, -0.1) is 11.3 Å². The Balaban J connectivity index is 1.39. The van der Waals surface area contributed by atoms with E-state index in [0.717, 1.165) is 16.0 Å². The lowest BCUT2D eigenvalue weighted by Gasteiger charge is -2.09. The van der Waals surface area contributed by atoms with Crippen molar-refractivity contribution >= 4 is 53.3 Å². The molecule has 0 aliphatic heterocycles. The smallest absolute Gasteiger partial charge is 0.120 e. The molecule has 0 spiro atoms. The van der Waals surface area contributed by atoms with Gasteiger partial charge in [-0.2, -0.15) is 0 Å². The first-order valence-corrected chi connectivity index (χ1v) is 12.3. The van der Waals surface area contributed by atoms with Gasteiger partial charge >= 0.3 is 0 Å². The summed E-state index contributed by atoms with van der Waals surface area (Å²) in [4.78, 5) is 0. The predicted octanol–water partition coefficient (Wildman–Crippen LogP) is 8.45. The molecule has 0 amide bonds. The van der Waals surface area contributed by atoms with Crippen LogP contribution < -0.4 is 0 Å². The third-order valence-corrected chi connectivity index (χ3v) is 7.86. The maximum absolute atomic E-state index is 10.8. The Kier molecular flexibility index (Phi) is 4.26. The molecule has 0 radical (unpaired) electrons. The van der Waals surface area contributed by atoms with Crippen molar-refractivity contribution in [2.24, 2.45) is 0 Å². The topological polar surface area (TPSA) is 25.2 Å². The second-order valence-electron chi connectivity index (χ2n) is 8.79. The van der Waals surface area contributed by atoms with Gasteiger partial charge in [-0.3, -0.25) is 0 Å². The van der Waals surface area contributed by atoms with E-state index in [0.29, 0.717) is 12.2 Å². The maximum Gasteiger partial charge on any atom is 0.120 e. The van der Waals surface area contributed by atoms with Crippen molar-refractivity contribution in [3.05, 3.63) is 120 Å². The number of nitrogens with zero attached hydrogens (tertiary/aromatic N) is 1. The van der Waals surface area contributed by atoms with E-state index in [-0.39, 0.29) is 0 Å². The number of hydrogen-bond acceptors (Lipinski definition) is 2. The van der Waals surface area contributed by atoms with Crippen molar-refractivity contribution in [2.75, 3.05) is 0 Å². The van der Waals surface area contributed by atoms with E-state index >= 15 is 0 Å². The van der Waals surface area contributed by atoms with Gasteiger partial charge in [0.05, 0.1) is 11.0 Å². The van der Waals surface area contributed by atoms with Crippen molar-refractivity contribution in [3.8, 4) is 11.4 Å². The second kappa shape index (κ2) is 7.47. The molecule has 7 rings (SSSR count). The summed E-state index contributed by atoms with van der Waals surface area (Å²) in [6.07, 6.45) is 0.687. The molecule has 2 heterocycles. The molecule has 0 bridgehead atoms. The third-order valence-electron chi connectivity index (χ3n) is 6.72. The average Bonchev–Trinajstić information content (AvgIpc) is 3.40. The predicted molar refractivity (Wildman–Crippen MR) is 145 cm³/mol. The van der Waals surface area contributed by atoms with Crippen molar-refractivity contribution in [1.29, 1.82) is 0 Å². The minimum absolute atomic E-state index is 0.367. The van der Waals surface area contributed by atoms with Gasteiger partial charge in [0, 0.05) is 43.1 Å². The molecule has 5 aromatic carbocycles. The number of rotatable bonds is 3. The first-order chi connectivity index (χ1) is 16.8. The van der Waals surface area contributed by atoms with Crippen LogP contribution in [0.25, 0.3) is 47.7 Å². The van der Waals surface area contributed by atoms with Crippen LogP contribution in [0.3, 0.4) is 0 Å². The molecule has 0 fully saturated rings. The number of phenolic OH excluding ortho intramolecular Hbond substituents is 1. The highest BCUT2D eigenvalue weighted by Gasteiger charge is 2.14. The number of aromatic hydroxyl groups is 1. The summed E-state index contributed by atoms with van der Waals surface area (Å²) in [6.45, 7) is 0. The highest BCUT2D eigenvalue weighted by Crippen LogP contribution is 2.38. The zero-order valence-corrected chi connectivity index (χ0v) is 19.2. The Bertz CT molecular complexity index is 1840. The lowest BCUT2D eigenvalue weighted by molar-refractivity contribution is 0.470. The molecule has 3 heteroatoms. The van der Waals surface area contributed by atoms with E-state index in [2.05, 4.69) is 108 Å². The van der Waals surface area contributed by atoms with E-state index in [1.54, 1.807) is 11.3 Å². The van der Waals surface area contributed by atoms with Gasteiger partial charge in [0.2, 0.25) is 0 Å². The average molecular weight is 456 g/mol. The minimum atomic E-state index is 0.367. The van der Waals surface area contributed by atoms with Gasteiger partial charge in [0.15, 0.2) is 0 Å². The molecular weight excluding hydrogens is 434 g/mol. The quantitative estimate of drug-likeness (QED) is 0.284. The van der Waals surface area contributed by atoms with E-state index in [1.807, 2.05) is 6.07 Å². The molecule has 0 saturated carbocycles. The number of thiophene rings is 1. The zero-order valence-electron chi connectivity index (χ0n) is 18.4. The molecule has 34 heavy (non-hydrogen) atoms. The van der Waals surface area contributed by atoms with Crippen LogP contribution in [0.4, 0.5) is 0 Å². The molecule has 0 atom stereocenters. The van der Waals surface area contributed by atoms with Gasteiger partial charge in [-0.05, 0) is 59.7 Å². The summed E-state index contributed by atoms with van der Waals surface area (Å²) in [6, 6.07) is 38.3. The van der Waals surface area contributed by atoms with Crippen LogP contribution >= 0.6 is 11.3 Å². The number of para-hydroxylation sites is 2. The molecule has 0 aliphatic rings. The second-order valence-corrected chi connectivity index (χ2v) is 9.88. The first kappa shape index (κ1) is 19.4. The van der Waals surface area contributed by atoms with Crippen LogP contribution in [0.2, 0.25) is 0 Å². The summed E-state index contributed by atoms with van der Waals surface area (Å²) in [5, 5.41) is 15.8. The Labute approximate surface area is 200 Å². The molecular formula is C31H21NOS. The van der Waals surface area contributed by atoms with Gasteiger partial charge < -0.3 is 9.67 Å². The summed E-state index contributed by atoms with van der Waals surface area (Å²) in [7, 11) is 0. The molecule has 1 N–H and O–H groups in total. The summed E-state index contributed by atoms with van der Waals surface area (Å²) in [5.41, 5.74) is 5.71. The fourth-order valence-electron chi connectivity index (χ4n) is 5.15. The number of aromatic nitrogens is 1. The molecule has 2 nitrogen and oxygen atoms in total. The SMILES string of the molecule is Oc1cc2sc3ccccc3c2cc1Cc1ccc2c(c1)c1ccccc1n2-c1ccccc1. The molecule has 0 unspecified atom stereocenters. The van der Waals surface area contributed by atoms with Gasteiger partial charge in [-0.1, -0.05) is 60.7 Å². The van der Waals surface area contributed by atoms with Crippen LogP contribution in [-0.4, -0.2) is 9.67 Å². The Morgan fingerprint density at radius 2 is 1.32 bits per heavy atom. The fraction of sp³-hybridized carbons (Fsp3) is 0.0323. The van der Waals surface area contributed by atoms with Crippen molar-refractivity contribution < 1.29 is 5.11 Å². The van der Waals surface area contributed by atoms with Crippen molar-refractivity contribution in [2.45, 2.75) is 6.42 Å². The normalized spacial score (nSPS) is 11.8. The Hall–Kier alpha value is -4.08. The number of phenols is 1. The highest BCUT2D eigenvalue weighted by atomic mass is 32.1. The fourth-order valence-corrected chi connectivity index (χ4v) is 6.27. The van der Waals surface area contributed by atoms with Crippen LogP contribution in [-0.2, 0) is 6.42 Å². The number of benzene rings is 5. The lowest BCUT2D eigenvalue weighted by Crippen LogP contribution is -1.93. The van der Waals surface area contributed by atoms with E-state index in [9.17, 15) is 5.11 Å². The summed E-state index contributed by atoms with van der Waals surface area (Å²) in [5.74, 6) is 0.367. The standard InChI is InChI=1S/C31H21NOS/c33-29-19-31-26(24-11-5-7-13-30(24)34-31)18-21(29)16-20-14-15-28-25(17-20)23-10-4-6-12-27(23)32(28)22-8-2-1-3-9-22/h1-15,17-19,33H,16H2. The van der Waals surface area contributed by atoms with Gasteiger partial charge in [-0.25, -0.2) is 0 Å².